The maximum absolute atomic E-state index is 14.2. The van der Waals surface area contributed by atoms with Crippen molar-refractivity contribution in [3.05, 3.63) is 59.9 Å². The summed E-state index contributed by atoms with van der Waals surface area (Å²) in [5, 5.41) is 5.27. The molecule has 0 bridgehead atoms. The normalized spacial score (nSPS) is 11.8. The number of carbonyl (C=O) groups excluding carboxylic acids is 2. The van der Waals surface area contributed by atoms with Gasteiger partial charge in [0.25, 0.3) is 0 Å². The average Bonchev–Trinajstić information content (AvgIpc) is 2.68. The lowest BCUT2D eigenvalue weighted by atomic mass is 10.1. The highest BCUT2D eigenvalue weighted by atomic mass is 19.1. The molecule has 0 heterocycles. The first-order valence-electron chi connectivity index (χ1n) is 9.14. The molecular weight excluding hydrogens is 359 g/mol. The molecule has 1 atom stereocenters. The molecule has 28 heavy (non-hydrogen) atoms. The zero-order valence-corrected chi connectivity index (χ0v) is 16.7. The standard InChI is InChI=1S/C21H27FN4O2/c1-5-20(27)23-16-11-12-17(22)18(13-16)24-21(28)26(4)19(14-25(2)3)15-9-7-6-8-10-15/h6-13,19H,5,14H2,1-4H3,(H,23,27)(H,24,28)/t19-/m0/s1. The van der Waals surface area contributed by atoms with Crippen LogP contribution in [0, 0.1) is 5.82 Å². The summed E-state index contributed by atoms with van der Waals surface area (Å²) < 4.78 is 14.2. The summed E-state index contributed by atoms with van der Waals surface area (Å²) in [7, 11) is 5.54. The number of anilines is 2. The molecule has 6 nitrogen and oxygen atoms in total. The molecule has 0 radical (unpaired) electrons. The highest BCUT2D eigenvalue weighted by Gasteiger charge is 2.23. The number of carbonyl (C=O) groups is 2. The lowest BCUT2D eigenvalue weighted by Crippen LogP contribution is -2.39. The van der Waals surface area contributed by atoms with E-state index >= 15 is 0 Å². The number of likely N-dealkylation sites (N-methyl/N-ethyl adjacent to an activating group) is 2. The first-order chi connectivity index (χ1) is 13.3. The van der Waals surface area contributed by atoms with Gasteiger partial charge in [0, 0.05) is 25.7 Å². The summed E-state index contributed by atoms with van der Waals surface area (Å²) in [6.07, 6.45) is 0.311. The first kappa shape index (κ1) is 21.4. The molecule has 0 saturated heterocycles. The number of rotatable bonds is 7. The van der Waals surface area contributed by atoms with Crippen molar-refractivity contribution in [3.63, 3.8) is 0 Å². The molecule has 0 saturated carbocycles. The van der Waals surface area contributed by atoms with Crippen molar-refractivity contribution in [2.24, 2.45) is 0 Å². The molecule has 0 aliphatic rings. The molecule has 7 heteroatoms. The Labute approximate surface area is 165 Å². The number of halogens is 1. The van der Waals surface area contributed by atoms with Gasteiger partial charge in [-0.1, -0.05) is 37.3 Å². The van der Waals surface area contributed by atoms with Crippen LogP contribution in [-0.4, -0.2) is 49.4 Å². The number of urea groups is 1. The van der Waals surface area contributed by atoms with Gasteiger partial charge in [0.05, 0.1) is 11.7 Å². The van der Waals surface area contributed by atoms with Crippen molar-refractivity contribution in [1.82, 2.24) is 9.80 Å². The van der Waals surface area contributed by atoms with Crippen LogP contribution in [0.4, 0.5) is 20.6 Å². The molecule has 150 valence electrons. The Bertz CT molecular complexity index is 811. The lowest BCUT2D eigenvalue weighted by Gasteiger charge is -2.31. The molecule has 3 amide bonds. The summed E-state index contributed by atoms with van der Waals surface area (Å²) >= 11 is 0. The van der Waals surface area contributed by atoms with Gasteiger partial charge in [0.2, 0.25) is 5.91 Å². The van der Waals surface area contributed by atoms with E-state index in [1.807, 2.05) is 49.3 Å². The third-order valence-corrected chi connectivity index (χ3v) is 4.32. The third kappa shape index (κ3) is 5.79. The Balaban J connectivity index is 2.19. The van der Waals surface area contributed by atoms with E-state index in [4.69, 9.17) is 0 Å². The molecule has 2 N–H and O–H groups in total. The van der Waals surface area contributed by atoms with Crippen molar-refractivity contribution < 1.29 is 14.0 Å². The number of hydrogen-bond acceptors (Lipinski definition) is 3. The minimum absolute atomic E-state index is 0.0161. The number of nitrogens with one attached hydrogen (secondary N) is 2. The zero-order valence-electron chi connectivity index (χ0n) is 16.7. The van der Waals surface area contributed by atoms with Gasteiger partial charge in [-0.05, 0) is 37.9 Å². The van der Waals surface area contributed by atoms with Gasteiger partial charge in [0.15, 0.2) is 0 Å². The van der Waals surface area contributed by atoms with E-state index in [-0.39, 0.29) is 17.6 Å². The van der Waals surface area contributed by atoms with Crippen LogP contribution < -0.4 is 10.6 Å². The number of hydrogen-bond donors (Lipinski definition) is 2. The van der Waals surface area contributed by atoms with Gasteiger partial charge >= 0.3 is 6.03 Å². The minimum Gasteiger partial charge on any atom is -0.326 e. The van der Waals surface area contributed by atoms with Crippen LogP contribution >= 0.6 is 0 Å². The largest absolute Gasteiger partial charge is 0.326 e. The number of amides is 3. The highest BCUT2D eigenvalue weighted by molar-refractivity contribution is 5.93. The summed E-state index contributed by atoms with van der Waals surface area (Å²) in [4.78, 5) is 27.9. The van der Waals surface area contributed by atoms with Crippen LogP contribution in [0.1, 0.15) is 24.9 Å². The van der Waals surface area contributed by atoms with E-state index in [0.717, 1.165) is 5.56 Å². The molecule has 0 fully saturated rings. The summed E-state index contributed by atoms with van der Waals surface area (Å²) in [5.41, 5.74) is 1.43. The van der Waals surface area contributed by atoms with Gasteiger partial charge in [-0.15, -0.1) is 0 Å². The van der Waals surface area contributed by atoms with Crippen molar-refractivity contribution >= 4 is 23.3 Å². The van der Waals surface area contributed by atoms with Crippen LogP contribution in [0.3, 0.4) is 0 Å². The topological polar surface area (TPSA) is 64.7 Å². The fourth-order valence-corrected chi connectivity index (χ4v) is 2.77. The van der Waals surface area contributed by atoms with E-state index < -0.39 is 11.8 Å². The van der Waals surface area contributed by atoms with E-state index in [0.29, 0.717) is 18.7 Å². The molecule has 0 aromatic heterocycles. The quantitative estimate of drug-likeness (QED) is 0.758. The van der Waals surface area contributed by atoms with E-state index in [2.05, 4.69) is 10.6 Å². The molecule has 2 aromatic rings. The molecule has 0 aliphatic heterocycles. The molecular formula is C21H27FN4O2. The van der Waals surface area contributed by atoms with E-state index in [1.54, 1.807) is 18.9 Å². The number of benzene rings is 2. The van der Waals surface area contributed by atoms with Crippen LogP contribution in [0.25, 0.3) is 0 Å². The predicted molar refractivity (Wildman–Crippen MR) is 110 cm³/mol. The van der Waals surface area contributed by atoms with Crippen LogP contribution in [0.2, 0.25) is 0 Å². The summed E-state index contributed by atoms with van der Waals surface area (Å²) in [6.45, 7) is 2.34. The second-order valence-corrected chi connectivity index (χ2v) is 6.83. The smallest absolute Gasteiger partial charge is 0.322 e. The minimum atomic E-state index is -0.569. The van der Waals surface area contributed by atoms with Gasteiger partial charge in [0.1, 0.15) is 5.82 Å². The maximum atomic E-state index is 14.2. The van der Waals surface area contributed by atoms with Crippen LogP contribution in [0.5, 0.6) is 0 Å². The Hall–Kier alpha value is -2.93. The predicted octanol–water partition coefficient (Wildman–Crippen LogP) is 3.94. The number of nitrogens with zero attached hydrogens (tertiary/aromatic N) is 2. The summed E-state index contributed by atoms with van der Waals surface area (Å²) in [6, 6.07) is 13.1. The van der Waals surface area contributed by atoms with Crippen molar-refractivity contribution in [2.75, 3.05) is 38.3 Å². The maximum Gasteiger partial charge on any atom is 0.322 e. The van der Waals surface area contributed by atoms with Crippen molar-refractivity contribution in [1.29, 1.82) is 0 Å². The van der Waals surface area contributed by atoms with Gasteiger partial charge < -0.3 is 20.4 Å². The average molecular weight is 386 g/mol. The Morgan fingerprint density at radius 1 is 1.04 bits per heavy atom. The third-order valence-electron chi connectivity index (χ3n) is 4.32. The molecule has 0 unspecified atom stereocenters. The molecule has 0 spiro atoms. The fraction of sp³-hybridized carbons (Fsp3) is 0.333. The van der Waals surface area contributed by atoms with E-state index in [9.17, 15) is 14.0 Å². The summed E-state index contributed by atoms with van der Waals surface area (Å²) in [5.74, 6) is -0.753. The SMILES string of the molecule is CCC(=O)Nc1ccc(F)c(NC(=O)N(C)[C@@H](CN(C)C)c2ccccc2)c1. The Morgan fingerprint density at radius 2 is 1.71 bits per heavy atom. The van der Waals surface area contributed by atoms with Gasteiger partial charge in [-0.25, -0.2) is 9.18 Å². The molecule has 2 rings (SSSR count). The second-order valence-electron chi connectivity index (χ2n) is 6.83. The van der Waals surface area contributed by atoms with Crippen LogP contribution in [-0.2, 0) is 4.79 Å². The fourth-order valence-electron chi connectivity index (χ4n) is 2.77. The second kappa shape index (κ2) is 9.85. The van der Waals surface area contributed by atoms with Crippen LogP contribution in [0.15, 0.2) is 48.5 Å². The monoisotopic (exact) mass is 386 g/mol. The molecule has 0 aliphatic carbocycles. The van der Waals surface area contributed by atoms with Gasteiger partial charge in [-0.2, -0.15) is 0 Å². The molecule has 2 aromatic carbocycles. The Morgan fingerprint density at radius 3 is 2.32 bits per heavy atom. The van der Waals surface area contributed by atoms with E-state index in [1.165, 1.54) is 18.2 Å². The lowest BCUT2D eigenvalue weighted by molar-refractivity contribution is -0.115. The Kier molecular flexibility index (Phi) is 7.52. The highest BCUT2D eigenvalue weighted by Crippen LogP contribution is 2.24. The van der Waals surface area contributed by atoms with Crippen molar-refractivity contribution in [2.45, 2.75) is 19.4 Å². The first-order valence-corrected chi connectivity index (χ1v) is 9.14. The van der Waals surface area contributed by atoms with Crippen molar-refractivity contribution in [3.8, 4) is 0 Å². The zero-order chi connectivity index (χ0) is 20.7. The van der Waals surface area contributed by atoms with Gasteiger partial charge in [-0.3, -0.25) is 4.79 Å².